The van der Waals surface area contributed by atoms with Crippen molar-refractivity contribution in [1.29, 1.82) is 0 Å². The van der Waals surface area contributed by atoms with Crippen molar-refractivity contribution in [2.24, 2.45) is 0 Å². The summed E-state index contributed by atoms with van der Waals surface area (Å²) in [5, 5.41) is 0. The van der Waals surface area contributed by atoms with Crippen LogP contribution in [0.5, 0.6) is 5.75 Å². The van der Waals surface area contributed by atoms with E-state index in [1.54, 1.807) is 0 Å². The number of benzene rings is 1. The molecule has 1 aromatic carbocycles. The van der Waals surface area contributed by atoms with Crippen LogP contribution in [0.1, 0.15) is 38.2 Å². The van der Waals surface area contributed by atoms with Crippen LogP contribution in [0.15, 0.2) is 24.3 Å². The predicted octanol–water partition coefficient (Wildman–Crippen LogP) is 3.21. The van der Waals surface area contributed by atoms with E-state index >= 15 is 0 Å². The van der Waals surface area contributed by atoms with Gasteiger partial charge < -0.3 is 4.74 Å². The summed E-state index contributed by atoms with van der Waals surface area (Å²) in [5.74, 6) is 1.09. The lowest BCUT2D eigenvalue weighted by Gasteiger charge is -2.45. The lowest BCUT2D eigenvalue weighted by molar-refractivity contribution is -0.0929. The van der Waals surface area contributed by atoms with Gasteiger partial charge in [-0.05, 0) is 37.8 Å². The summed E-state index contributed by atoms with van der Waals surface area (Å²) < 4.78 is 6.28. The fourth-order valence-electron chi connectivity index (χ4n) is 3.05. The summed E-state index contributed by atoms with van der Waals surface area (Å²) in [6.45, 7) is 4.64. The summed E-state index contributed by atoms with van der Waals surface area (Å²) in [7, 11) is 0. The monoisotopic (exact) mass is 231 g/mol. The Labute approximate surface area is 104 Å². The Morgan fingerprint density at radius 1 is 1.12 bits per heavy atom. The van der Waals surface area contributed by atoms with E-state index in [0.717, 1.165) is 18.6 Å². The van der Waals surface area contributed by atoms with Gasteiger partial charge in [-0.3, -0.25) is 4.90 Å². The Hall–Kier alpha value is -1.02. The minimum Gasteiger partial charge on any atom is -0.473 e. The smallest absolute Gasteiger partial charge is 0.160 e. The molecule has 0 amide bonds. The molecule has 1 saturated heterocycles. The molecular formula is C15H21NO. The lowest BCUT2D eigenvalue weighted by atomic mass is 9.96. The third-order valence-electron chi connectivity index (χ3n) is 4.19. The minimum atomic E-state index is -0.0746. The topological polar surface area (TPSA) is 12.5 Å². The third kappa shape index (κ3) is 2.06. The zero-order chi connectivity index (χ0) is 11.7. The molecule has 0 saturated carbocycles. The molecule has 1 fully saturated rings. The van der Waals surface area contributed by atoms with Crippen LogP contribution < -0.4 is 4.74 Å². The standard InChI is InChI=1S/C15H21NO/c1-15(16-11-5-2-6-12-16)10-9-13-7-3-4-8-14(13)17-15/h3-4,7-8H,2,5-6,9-12H2,1H3. The molecule has 0 radical (unpaired) electrons. The average molecular weight is 231 g/mol. The van der Waals surface area contributed by atoms with Crippen LogP contribution in [0.2, 0.25) is 0 Å². The van der Waals surface area contributed by atoms with Crippen LogP contribution in [0.25, 0.3) is 0 Å². The second-order valence-corrected chi connectivity index (χ2v) is 5.43. The number of aryl methyl sites for hydroxylation is 1. The van der Waals surface area contributed by atoms with Crippen LogP contribution in [-0.2, 0) is 6.42 Å². The number of fused-ring (bicyclic) bond motifs is 1. The molecule has 0 spiro atoms. The molecule has 17 heavy (non-hydrogen) atoms. The first-order valence-corrected chi connectivity index (χ1v) is 6.80. The van der Waals surface area contributed by atoms with Crippen molar-refractivity contribution in [1.82, 2.24) is 4.90 Å². The van der Waals surface area contributed by atoms with Gasteiger partial charge in [-0.1, -0.05) is 24.6 Å². The second kappa shape index (κ2) is 4.34. The molecule has 92 valence electrons. The quantitative estimate of drug-likeness (QED) is 0.736. The summed E-state index contributed by atoms with van der Waals surface area (Å²) >= 11 is 0. The zero-order valence-electron chi connectivity index (χ0n) is 10.6. The van der Waals surface area contributed by atoms with Crippen LogP contribution in [-0.4, -0.2) is 23.7 Å². The van der Waals surface area contributed by atoms with Gasteiger partial charge in [0.25, 0.3) is 0 Å². The minimum absolute atomic E-state index is 0.0746. The molecule has 2 nitrogen and oxygen atoms in total. The molecule has 2 aliphatic rings. The number of nitrogens with zero attached hydrogens (tertiary/aromatic N) is 1. The SMILES string of the molecule is CC1(N2CCCCC2)CCc2ccccc2O1. The molecule has 1 aromatic rings. The van der Waals surface area contributed by atoms with E-state index in [1.807, 2.05) is 0 Å². The van der Waals surface area contributed by atoms with E-state index in [-0.39, 0.29) is 5.72 Å². The first kappa shape index (κ1) is 11.1. The molecule has 0 N–H and O–H groups in total. The molecule has 1 unspecified atom stereocenters. The molecule has 1 atom stereocenters. The van der Waals surface area contributed by atoms with Crippen LogP contribution >= 0.6 is 0 Å². The van der Waals surface area contributed by atoms with Gasteiger partial charge in [0.05, 0.1) is 0 Å². The number of rotatable bonds is 1. The van der Waals surface area contributed by atoms with Crippen molar-refractivity contribution in [2.75, 3.05) is 13.1 Å². The first-order chi connectivity index (χ1) is 8.28. The van der Waals surface area contributed by atoms with Gasteiger partial charge in [-0.25, -0.2) is 0 Å². The maximum Gasteiger partial charge on any atom is 0.160 e. The van der Waals surface area contributed by atoms with E-state index < -0.39 is 0 Å². The highest BCUT2D eigenvalue weighted by molar-refractivity contribution is 5.35. The lowest BCUT2D eigenvalue weighted by Crippen LogP contribution is -2.54. The molecular weight excluding hydrogens is 210 g/mol. The normalized spacial score (nSPS) is 29.5. The maximum absolute atomic E-state index is 6.28. The number of piperidine rings is 1. The van der Waals surface area contributed by atoms with Gasteiger partial charge in [0, 0.05) is 19.5 Å². The van der Waals surface area contributed by atoms with Crippen molar-refractivity contribution in [3.63, 3.8) is 0 Å². The highest BCUT2D eigenvalue weighted by Gasteiger charge is 2.37. The second-order valence-electron chi connectivity index (χ2n) is 5.43. The van der Waals surface area contributed by atoms with Crippen LogP contribution in [0, 0.1) is 0 Å². The Morgan fingerprint density at radius 2 is 1.88 bits per heavy atom. The van der Waals surface area contributed by atoms with Gasteiger partial charge in [0.15, 0.2) is 5.72 Å². The predicted molar refractivity (Wildman–Crippen MR) is 69.2 cm³/mol. The highest BCUT2D eigenvalue weighted by Crippen LogP contribution is 2.36. The van der Waals surface area contributed by atoms with Gasteiger partial charge in [0.1, 0.15) is 5.75 Å². The van der Waals surface area contributed by atoms with E-state index in [0.29, 0.717) is 0 Å². The summed E-state index contributed by atoms with van der Waals surface area (Å²) in [6.07, 6.45) is 6.28. The number of likely N-dealkylation sites (tertiary alicyclic amines) is 1. The average Bonchev–Trinajstić information content (AvgIpc) is 2.40. The first-order valence-electron chi connectivity index (χ1n) is 6.80. The summed E-state index contributed by atoms with van der Waals surface area (Å²) in [5.41, 5.74) is 1.29. The fraction of sp³-hybridized carbons (Fsp3) is 0.600. The van der Waals surface area contributed by atoms with Crippen molar-refractivity contribution in [3.05, 3.63) is 29.8 Å². The zero-order valence-corrected chi connectivity index (χ0v) is 10.6. The van der Waals surface area contributed by atoms with Crippen molar-refractivity contribution >= 4 is 0 Å². The van der Waals surface area contributed by atoms with Crippen molar-refractivity contribution in [3.8, 4) is 5.75 Å². The molecule has 2 aliphatic heterocycles. The summed E-state index contributed by atoms with van der Waals surface area (Å²) in [4.78, 5) is 2.53. The number of ether oxygens (including phenoxy) is 1. The van der Waals surface area contributed by atoms with Crippen LogP contribution in [0.4, 0.5) is 0 Å². The van der Waals surface area contributed by atoms with Crippen LogP contribution in [0.3, 0.4) is 0 Å². The van der Waals surface area contributed by atoms with E-state index in [9.17, 15) is 0 Å². The fourth-order valence-corrected chi connectivity index (χ4v) is 3.05. The molecule has 2 heteroatoms. The number of hydrogen-bond donors (Lipinski definition) is 0. The van der Waals surface area contributed by atoms with Gasteiger partial charge in [-0.2, -0.15) is 0 Å². The summed E-state index contributed by atoms with van der Waals surface area (Å²) in [6, 6.07) is 8.47. The third-order valence-corrected chi connectivity index (χ3v) is 4.19. The Bertz CT molecular complexity index is 398. The number of para-hydroxylation sites is 1. The number of hydrogen-bond acceptors (Lipinski definition) is 2. The Morgan fingerprint density at radius 3 is 2.71 bits per heavy atom. The van der Waals surface area contributed by atoms with E-state index in [1.165, 1.54) is 37.9 Å². The highest BCUT2D eigenvalue weighted by atomic mass is 16.5. The molecule has 2 heterocycles. The van der Waals surface area contributed by atoms with E-state index in [4.69, 9.17) is 4.74 Å². The van der Waals surface area contributed by atoms with E-state index in [2.05, 4.69) is 36.1 Å². The van der Waals surface area contributed by atoms with Gasteiger partial charge in [-0.15, -0.1) is 0 Å². The molecule has 0 aliphatic carbocycles. The molecule has 0 aromatic heterocycles. The maximum atomic E-state index is 6.28. The van der Waals surface area contributed by atoms with Crippen molar-refractivity contribution in [2.45, 2.75) is 44.8 Å². The molecule has 0 bridgehead atoms. The Kier molecular flexibility index (Phi) is 2.83. The van der Waals surface area contributed by atoms with Crippen molar-refractivity contribution < 1.29 is 4.74 Å². The largest absolute Gasteiger partial charge is 0.473 e. The van der Waals surface area contributed by atoms with Gasteiger partial charge in [0.2, 0.25) is 0 Å². The van der Waals surface area contributed by atoms with Gasteiger partial charge >= 0.3 is 0 Å². The molecule has 3 rings (SSSR count). The Balaban J connectivity index is 1.81.